The highest BCUT2D eigenvalue weighted by molar-refractivity contribution is 7.99. The zero-order valence-electron chi connectivity index (χ0n) is 18.1. The first-order valence-electron chi connectivity index (χ1n) is 10.00. The van der Waals surface area contributed by atoms with Crippen LogP contribution in [0, 0.1) is 0 Å². The van der Waals surface area contributed by atoms with Crippen molar-refractivity contribution in [1.29, 1.82) is 0 Å². The van der Waals surface area contributed by atoms with Crippen LogP contribution >= 0.6 is 11.8 Å². The van der Waals surface area contributed by atoms with Gasteiger partial charge in [0.1, 0.15) is 11.6 Å². The molecule has 0 aliphatic carbocycles. The van der Waals surface area contributed by atoms with E-state index in [2.05, 4.69) is 22.1 Å². The Labute approximate surface area is 191 Å². The SMILES string of the molecule is C=CCn1c(CC(=O)Nc2ccc(OC)cc2)nnc1SCCOc1ccccc1OC. The average molecular weight is 455 g/mol. The van der Waals surface area contributed by atoms with Crippen LogP contribution in [0.2, 0.25) is 0 Å². The van der Waals surface area contributed by atoms with Gasteiger partial charge in [-0.25, -0.2) is 0 Å². The molecule has 9 heteroatoms. The number of anilines is 1. The summed E-state index contributed by atoms with van der Waals surface area (Å²) in [5.41, 5.74) is 0.689. The molecule has 1 amide bonds. The van der Waals surface area contributed by atoms with E-state index in [1.807, 2.05) is 28.8 Å². The summed E-state index contributed by atoms with van der Waals surface area (Å²) in [4.78, 5) is 12.5. The molecule has 0 saturated heterocycles. The van der Waals surface area contributed by atoms with Crippen LogP contribution in [0.5, 0.6) is 17.2 Å². The zero-order chi connectivity index (χ0) is 22.8. The molecule has 3 aromatic rings. The van der Waals surface area contributed by atoms with E-state index in [1.165, 1.54) is 11.8 Å². The van der Waals surface area contributed by atoms with Crippen LogP contribution in [-0.4, -0.2) is 47.3 Å². The number of methoxy groups -OCH3 is 2. The van der Waals surface area contributed by atoms with Gasteiger partial charge in [-0.15, -0.1) is 16.8 Å². The summed E-state index contributed by atoms with van der Waals surface area (Å²) in [5, 5.41) is 12.0. The van der Waals surface area contributed by atoms with Gasteiger partial charge in [-0.1, -0.05) is 30.0 Å². The minimum Gasteiger partial charge on any atom is -0.497 e. The van der Waals surface area contributed by atoms with Crippen molar-refractivity contribution >= 4 is 23.4 Å². The second-order valence-electron chi connectivity index (χ2n) is 6.60. The number of rotatable bonds is 12. The van der Waals surface area contributed by atoms with E-state index >= 15 is 0 Å². The summed E-state index contributed by atoms with van der Waals surface area (Å²) < 4.78 is 18.1. The third-order valence-corrected chi connectivity index (χ3v) is 5.37. The summed E-state index contributed by atoms with van der Waals surface area (Å²) >= 11 is 1.51. The van der Waals surface area contributed by atoms with E-state index in [0.717, 1.165) is 5.75 Å². The smallest absolute Gasteiger partial charge is 0.232 e. The molecule has 168 valence electrons. The molecule has 0 saturated carbocycles. The maximum Gasteiger partial charge on any atom is 0.232 e. The predicted octanol–water partition coefficient (Wildman–Crippen LogP) is 3.83. The highest BCUT2D eigenvalue weighted by Gasteiger charge is 2.15. The third-order valence-electron chi connectivity index (χ3n) is 4.44. The van der Waals surface area contributed by atoms with Gasteiger partial charge < -0.3 is 24.1 Å². The quantitative estimate of drug-likeness (QED) is 0.253. The molecule has 8 nitrogen and oxygen atoms in total. The number of aromatic nitrogens is 3. The summed E-state index contributed by atoms with van der Waals surface area (Å²) in [6.45, 7) is 4.78. The summed E-state index contributed by atoms with van der Waals surface area (Å²) in [5.74, 6) is 3.17. The first-order valence-corrected chi connectivity index (χ1v) is 11.0. The number of hydrogen-bond acceptors (Lipinski definition) is 7. The molecule has 1 N–H and O–H groups in total. The van der Waals surface area contributed by atoms with Crippen molar-refractivity contribution < 1.29 is 19.0 Å². The number of para-hydroxylation sites is 2. The van der Waals surface area contributed by atoms with Crippen molar-refractivity contribution in [2.45, 2.75) is 18.1 Å². The molecule has 0 spiro atoms. The van der Waals surface area contributed by atoms with E-state index in [0.29, 0.717) is 47.1 Å². The second kappa shape index (κ2) is 11.8. The van der Waals surface area contributed by atoms with E-state index in [4.69, 9.17) is 14.2 Å². The fourth-order valence-electron chi connectivity index (χ4n) is 2.91. The summed E-state index contributed by atoms with van der Waals surface area (Å²) in [6.07, 6.45) is 1.86. The van der Waals surface area contributed by atoms with Gasteiger partial charge in [0.15, 0.2) is 16.7 Å². The fraction of sp³-hybridized carbons (Fsp3) is 0.261. The van der Waals surface area contributed by atoms with Gasteiger partial charge >= 0.3 is 0 Å². The molecule has 0 bridgehead atoms. The predicted molar refractivity (Wildman–Crippen MR) is 125 cm³/mol. The highest BCUT2D eigenvalue weighted by atomic mass is 32.2. The van der Waals surface area contributed by atoms with Crippen molar-refractivity contribution in [3.05, 3.63) is 67.0 Å². The van der Waals surface area contributed by atoms with E-state index < -0.39 is 0 Å². The van der Waals surface area contributed by atoms with Crippen LogP contribution in [0.4, 0.5) is 5.69 Å². The molecule has 1 aromatic heterocycles. The van der Waals surface area contributed by atoms with Gasteiger partial charge in [-0.05, 0) is 36.4 Å². The van der Waals surface area contributed by atoms with Crippen molar-refractivity contribution in [3.63, 3.8) is 0 Å². The molecule has 0 radical (unpaired) electrons. The Morgan fingerprint density at radius 1 is 1.09 bits per heavy atom. The van der Waals surface area contributed by atoms with E-state index in [1.54, 1.807) is 44.6 Å². The van der Waals surface area contributed by atoms with Crippen LogP contribution in [0.1, 0.15) is 5.82 Å². The number of amides is 1. The molecule has 2 aromatic carbocycles. The number of carbonyl (C=O) groups is 1. The summed E-state index contributed by atoms with van der Waals surface area (Å²) in [6, 6.07) is 14.7. The number of carbonyl (C=O) groups excluding carboxylic acids is 1. The van der Waals surface area contributed by atoms with Gasteiger partial charge in [0.25, 0.3) is 0 Å². The number of thioether (sulfide) groups is 1. The van der Waals surface area contributed by atoms with Crippen LogP contribution in [-0.2, 0) is 17.8 Å². The van der Waals surface area contributed by atoms with Crippen molar-refractivity contribution in [3.8, 4) is 17.2 Å². The lowest BCUT2D eigenvalue weighted by atomic mass is 10.3. The highest BCUT2D eigenvalue weighted by Crippen LogP contribution is 2.26. The Hall–Kier alpha value is -3.46. The Morgan fingerprint density at radius 2 is 1.84 bits per heavy atom. The minimum absolute atomic E-state index is 0.102. The van der Waals surface area contributed by atoms with Gasteiger partial charge in [0, 0.05) is 18.0 Å². The average Bonchev–Trinajstić information content (AvgIpc) is 3.18. The van der Waals surface area contributed by atoms with Crippen molar-refractivity contribution in [2.75, 3.05) is 31.9 Å². The van der Waals surface area contributed by atoms with E-state index in [-0.39, 0.29) is 12.3 Å². The maximum atomic E-state index is 12.5. The zero-order valence-corrected chi connectivity index (χ0v) is 18.9. The molecule has 0 aliphatic rings. The number of hydrogen-bond donors (Lipinski definition) is 1. The lowest BCUT2D eigenvalue weighted by molar-refractivity contribution is -0.115. The largest absolute Gasteiger partial charge is 0.497 e. The number of ether oxygens (including phenoxy) is 3. The van der Waals surface area contributed by atoms with Gasteiger partial charge in [0.2, 0.25) is 5.91 Å². The lowest BCUT2D eigenvalue weighted by Crippen LogP contribution is -2.17. The molecule has 32 heavy (non-hydrogen) atoms. The van der Waals surface area contributed by atoms with Crippen LogP contribution in [0.3, 0.4) is 0 Å². The standard InChI is InChI=1S/C23H26N4O4S/c1-4-13-27-21(16-22(28)24-17-9-11-18(29-2)12-10-17)25-26-23(27)32-15-14-31-20-8-6-5-7-19(20)30-3/h4-12H,1,13-16H2,2-3H3,(H,24,28). The normalized spacial score (nSPS) is 10.4. The van der Waals surface area contributed by atoms with E-state index in [9.17, 15) is 4.79 Å². The third kappa shape index (κ3) is 6.27. The lowest BCUT2D eigenvalue weighted by Gasteiger charge is -2.11. The van der Waals surface area contributed by atoms with Gasteiger partial charge in [0.05, 0.1) is 27.2 Å². The fourth-order valence-corrected chi connectivity index (χ4v) is 3.70. The molecule has 0 unspecified atom stereocenters. The maximum absolute atomic E-state index is 12.5. The minimum atomic E-state index is -0.177. The molecule has 0 aliphatic heterocycles. The van der Waals surface area contributed by atoms with Crippen LogP contribution in [0.25, 0.3) is 0 Å². The number of allylic oxidation sites excluding steroid dienone is 1. The Morgan fingerprint density at radius 3 is 2.53 bits per heavy atom. The van der Waals surface area contributed by atoms with Crippen molar-refractivity contribution in [2.24, 2.45) is 0 Å². The molecule has 3 rings (SSSR count). The Balaban J connectivity index is 1.56. The van der Waals surface area contributed by atoms with Crippen LogP contribution in [0.15, 0.2) is 66.3 Å². The Bertz CT molecular complexity index is 1040. The summed E-state index contributed by atoms with van der Waals surface area (Å²) in [7, 11) is 3.21. The first-order chi connectivity index (χ1) is 15.6. The number of nitrogens with one attached hydrogen (secondary N) is 1. The van der Waals surface area contributed by atoms with Crippen molar-refractivity contribution in [1.82, 2.24) is 14.8 Å². The molecule has 0 atom stereocenters. The first kappa shape index (κ1) is 23.2. The molecule has 0 fully saturated rings. The number of benzene rings is 2. The second-order valence-corrected chi connectivity index (χ2v) is 7.66. The van der Waals surface area contributed by atoms with Gasteiger partial charge in [-0.2, -0.15) is 0 Å². The molecular weight excluding hydrogens is 428 g/mol. The number of nitrogens with zero attached hydrogens (tertiary/aromatic N) is 3. The van der Waals surface area contributed by atoms with Crippen LogP contribution < -0.4 is 19.5 Å². The molecular formula is C23H26N4O4S. The topological polar surface area (TPSA) is 87.5 Å². The van der Waals surface area contributed by atoms with Gasteiger partial charge in [-0.3, -0.25) is 4.79 Å². The Kier molecular flexibility index (Phi) is 8.56. The molecule has 1 heterocycles. The monoisotopic (exact) mass is 454 g/mol.